The average Bonchev–Trinajstić information content (AvgIpc) is 3.63. The fourth-order valence-corrected chi connectivity index (χ4v) is 5.96. The summed E-state index contributed by atoms with van der Waals surface area (Å²) in [7, 11) is 5.49. The van der Waals surface area contributed by atoms with Crippen molar-refractivity contribution in [2.75, 3.05) is 52.2 Å². The number of methoxy groups -OCH3 is 1. The van der Waals surface area contributed by atoms with E-state index >= 15 is 0 Å². The molecule has 1 aliphatic heterocycles. The molecule has 1 aliphatic rings. The zero-order valence-electron chi connectivity index (χ0n) is 25.4. The van der Waals surface area contributed by atoms with E-state index < -0.39 is 0 Å². The summed E-state index contributed by atoms with van der Waals surface area (Å²) in [5.41, 5.74) is 4.44. The number of rotatable bonds is 10. The molecule has 1 fully saturated rings. The molecule has 0 spiro atoms. The molecule has 6 rings (SSSR count). The van der Waals surface area contributed by atoms with Crippen molar-refractivity contribution >= 4 is 40.0 Å². The fraction of sp³-hybridized carbons (Fsp3) is 0.312. The topological polar surface area (TPSA) is 136 Å². The van der Waals surface area contributed by atoms with Crippen LogP contribution in [0.1, 0.15) is 15.9 Å². The molecular weight excluding hydrogens is 594 g/mol. The molecular formula is C32H36ClN9O3. The minimum Gasteiger partial charge on any atom is -0.507 e. The zero-order valence-corrected chi connectivity index (χ0v) is 26.2. The van der Waals surface area contributed by atoms with Crippen LogP contribution in [-0.2, 0) is 13.5 Å². The van der Waals surface area contributed by atoms with E-state index in [1.165, 1.54) is 6.07 Å². The molecule has 0 radical (unpaired) electrons. The molecule has 0 unspecified atom stereocenters. The van der Waals surface area contributed by atoms with Crippen molar-refractivity contribution in [3.8, 4) is 22.9 Å². The van der Waals surface area contributed by atoms with E-state index in [-0.39, 0.29) is 23.3 Å². The Hall–Kier alpha value is -4.65. The van der Waals surface area contributed by atoms with Gasteiger partial charge in [0.2, 0.25) is 5.95 Å². The number of hydrogen-bond acceptors (Lipinski definition) is 9. The molecule has 13 heteroatoms. The van der Waals surface area contributed by atoms with Gasteiger partial charge < -0.3 is 30.4 Å². The van der Waals surface area contributed by atoms with Crippen LogP contribution in [0.5, 0.6) is 11.6 Å². The number of likely N-dealkylation sites (N-methyl/N-ethyl adjacent to an activating group) is 1. The number of ether oxygens (including phenoxy) is 1. The number of anilines is 2. The first-order valence-electron chi connectivity index (χ1n) is 14.8. The normalized spacial score (nSPS) is 14.8. The molecule has 0 bridgehead atoms. The molecule has 234 valence electrons. The Morgan fingerprint density at radius 3 is 2.71 bits per heavy atom. The van der Waals surface area contributed by atoms with Gasteiger partial charge >= 0.3 is 0 Å². The highest BCUT2D eigenvalue weighted by Crippen LogP contribution is 2.35. The Balaban J connectivity index is 1.27. The Bertz CT molecular complexity index is 1810. The molecule has 1 amide bonds. The second-order valence-electron chi connectivity index (χ2n) is 11.2. The molecule has 4 heterocycles. The number of phenols is 1. The Morgan fingerprint density at radius 2 is 1.93 bits per heavy atom. The number of aromatic hydroxyl groups is 1. The van der Waals surface area contributed by atoms with E-state index in [4.69, 9.17) is 21.3 Å². The second-order valence-corrected chi connectivity index (χ2v) is 11.6. The molecule has 4 N–H and O–H groups in total. The standard InChI is InChI=1S/C32H36ClN9O3/c1-40-11-13-42(14-12-40)21(16-35-30(44)23-8-4-5-10-27(23)43)15-20-7-6-9-22-24(17-34-28(20)22)29-25(33)18-36-32(38-29)37-26-19-41(2)39-31(26)45-3/h4-10,17-19,21,34,43H,11-16H2,1-3H3,(H,35,44)(H,36,37,38)/t21-/m1/s1. The van der Waals surface area contributed by atoms with Crippen LogP contribution in [0, 0.1) is 0 Å². The van der Waals surface area contributed by atoms with E-state index in [1.54, 1.807) is 42.4 Å². The zero-order chi connectivity index (χ0) is 31.5. The summed E-state index contributed by atoms with van der Waals surface area (Å²) in [4.78, 5) is 30.3. The fourth-order valence-electron chi connectivity index (χ4n) is 5.77. The van der Waals surface area contributed by atoms with Gasteiger partial charge in [0.15, 0.2) is 0 Å². The Kier molecular flexibility index (Phi) is 8.87. The molecule has 0 saturated carbocycles. The number of fused-ring (bicyclic) bond motifs is 1. The van der Waals surface area contributed by atoms with Crippen molar-refractivity contribution in [2.45, 2.75) is 12.5 Å². The highest BCUT2D eigenvalue weighted by atomic mass is 35.5. The second kappa shape index (κ2) is 13.1. The third-order valence-electron chi connectivity index (χ3n) is 8.19. The summed E-state index contributed by atoms with van der Waals surface area (Å²) in [6, 6.07) is 12.8. The van der Waals surface area contributed by atoms with Crippen molar-refractivity contribution in [2.24, 2.45) is 7.05 Å². The lowest BCUT2D eigenvalue weighted by molar-refractivity contribution is 0.0884. The quantitative estimate of drug-likeness (QED) is 0.180. The van der Waals surface area contributed by atoms with E-state index in [1.807, 2.05) is 25.4 Å². The van der Waals surface area contributed by atoms with Gasteiger partial charge in [-0.25, -0.2) is 9.97 Å². The van der Waals surface area contributed by atoms with Crippen molar-refractivity contribution < 1.29 is 14.6 Å². The minimum absolute atomic E-state index is 0.0313. The maximum absolute atomic E-state index is 13.0. The largest absolute Gasteiger partial charge is 0.507 e. The number of phenolic OH excluding ortho intramolecular Hbond substituents is 1. The summed E-state index contributed by atoms with van der Waals surface area (Å²) < 4.78 is 7.00. The van der Waals surface area contributed by atoms with Gasteiger partial charge in [0, 0.05) is 68.5 Å². The maximum Gasteiger partial charge on any atom is 0.256 e. The first-order chi connectivity index (χ1) is 21.8. The van der Waals surface area contributed by atoms with Crippen molar-refractivity contribution in [1.29, 1.82) is 0 Å². The molecule has 5 aromatic rings. The number of halogens is 1. The molecule has 2 aromatic carbocycles. The van der Waals surface area contributed by atoms with Gasteiger partial charge in [-0.05, 0) is 31.2 Å². The summed E-state index contributed by atoms with van der Waals surface area (Å²) in [6.07, 6.45) is 5.99. The van der Waals surface area contributed by atoms with Gasteiger partial charge in [-0.15, -0.1) is 5.10 Å². The molecule has 12 nitrogen and oxygen atoms in total. The van der Waals surface area contributed by atoms with E-state index in [2.05, 4.69) is 48.6 Å². The number of aromatic amines is 1. The monoisotopic (exact) mass is 629 g/mol. The Morgan fingerprint density at radius 1 is 1.13 bits per heavy atom. The van der Waals surface area contributed by atoms with Crippen LogP contribution in [0.4, 0.5) is 11.6 Å². The van der Waals surface area contributed by atoms with Gasteiger partial charge in [-0.2, -0.15) is 0 Å². The molecule has 1 saturated heterocycles. The van der Waals surface area contributed by atoms with Gasteiger partial charge in [0.05, 0.1) is 35.8 Å². The van der Waals surface area contributed by atoms with Crippen LogP contribution in [-0.4, -0.2) is 98.5 Å². The average molecular weight is 630 g/mol. The van der Waals surface area contributed by atoms with Crippen molar-refractivity contribution in [3.63, 3.8) is 0 Å². The van der Waals surface area contributed by atoms with Crippen molar-refractivity contribution in [3.05, 3.63) is 77.2 Å². The number of amides is 1. The highest BCUT2D eigenvalue weighted by Gasteiger charge is 2.25. The number of carbonyl (C=O) groups excluding carboxylic acids is 1. The van der Waals surface area contributed by atoms with Crippen LogP contribution >= 0.6 is 11.6 Å². The number of H-pyrrole nitrogens is 1. The van der Waals surface area contributed by atoms with E-state index in [0.29, 0.717) is 41.2 Å². The van der Waals surface area contributed by atoms with Gasteiger partial charge in [0.25, 0.3) is 11.8 Å². The van der Waals surface area contributed by atoms with Crippen LogP contribution in [0.2, 0.25) is 5.02 Å². The highest BCUT2D eigenvalue weighted by molar-refractivity contribution is 6.33. The Labute approximate surface area is 266 Å². The van der Waals surface area contributed by atoms with E-state index in [0.717, 1.165) is 48.2 Å². The lowest BCUT2D eigenvalue weighted by Gasteiger charge is -2.38. The minimum atomic E-state index is -0.292. The van der Waals surface area contributed by atoms with Gasteiger partial charge in [-0.3, -0.25) is 14.4 Å². The number of nitrogens with zero attached hydrogens (tertiary/aromatic N) is 6. The predicted octanol–water partition coefficient (Wildman–Crippen LogP) is 4.06. The number of aromatic nitrogens is 5. The van der Waals surface area contributed by atoms with Crippen LogP contribution < -0.4 is 15.4 Å². The maximum atomic E-state index is 13.0. The molecule has 45 heavy (non-hydrogen) atoms. The lowest BCUT2D eigenvalue weighted by atomic mass is 9.99. The van der Waals surface area contributed by atoms with E-state index in [9.17, 15) is 9.90 Å². The number of benzene rings is 2. The third kappa shape index (κ3) is 6.58. The summed E-state index contributed by atoms with van der Waals surface area (Å²) in [5.74, 6) is 0.470. The van der Waals surface area contributed by atoms with Crippen molar-refractivity contribution in [1.82, 2.24) is 39.8 Å². The lowest BCUT2D eigenvalue weighted by Crippen LogP contribution is -2.53. The number of nitrogens with one attached hydrogen (secondary N) is 3. The van der Waals surface area contributed by atoms with Crippen LogP contribution in [0.15, 0.2) is 61.1 Å². The molecule has 3 aromatic heterocycles. The molecule has 0 aliphatic carbocycles. The number of piperazine rings is 1. The summed E-state index contributed by atoms with van der Waals surface area (Å²) in [6.45, 7) is 4.13. The predicted molar refractivity (Wildman–Crippen MR) is 174 cm³/mol. The summed E-state index contributed by atoms with van der Waals surface area (Å²) in [5, 5.41) is 22.1. The first kappa shape index (κ1) is 30.4. The molecule has 1 atom stereocenters. The number of para-hydroxylation sites is 2. The van der Waals surface area contributed by atoms with Crippen LogP contribution in [0.25, 0.3) is 22.2 Å². The van der Waals surface area contributed by atoms with Gasteiger partial charge in [-0.1, -0.05) is 41.9 Å². The first-order valence-corrected chi connectivity index (χ1v) is 15.1. The van der Waals surface area contributed by atoms with Gasteiger partial charge in [0.1, 0.15) is 11.4 Å². The number of carbonyl (C=O) groups is 1. The van der Waals surface area contributed by atoms with Crippen LogP contribution in [0.3, 0.4) is 0 Å². The summed E-state index contributed by atoms with van der Waals surface area (Å²) >= 11 is 6.65. The SMILES string of the molecule is COc1nn(C)cc1Nc1ncc(Cl)c(-c2c[nH]c3c(C[C@H](CNC(=O)c4ccccc4O)N4CCN(C)CC4)cccc23)n1. The third-order valence-corrected chi connectivity index (χ3v) is 8.47. The number of hydrogen-bond donors (Lipinski definition) is 4. The number of aryl methyl sites for hydroxylation is 1. The smallest absolute Gasteiger partial charge is 0.256 e.